The first kappa shape index (κ1) is 14.9. The van der Waals surface area contributed by atoms with Gasteiger partial charge in [0.05, 0.1) is 11.3 Å². The highest BCUT2D eigenvalue weighted by Gasteiger charge is 2.30. The summed E-state index contributed by atoms with van der Waals surface area (Å²) in [5, 5.41) is 3.14. The molecular formula is C12H18F3N3. The standard InChI is InChI=1S/C12H18F3N3/c1-3-18(2)7-6-16-9-11-5-4-10(8-17-11)12(13,14)15/h4-5,8,16H,3,6-7,9H2,1-2H3. The molecule has 0 saturated heterocycles. The third kappa shape index (κ3) is 5.01. The van der Waals surface area contributed by atoms with E-state index in [2.05, 4.69) is 22.1 Å². The normalized spacial score (nSPS) is 12.1. The largest absolute Gasteiger partial charge is 0.417 e. The first-order chi connectivity index (χ1) is 8.43. The fraction of sp³-hybridized carbons (Fsp3) is 0.583. The van der Waals surface area contributed by atoms with Crippen LogP contribution in [0.2, 0.25) is 0 Å². The molecule has 0 radical (unpaired) electrons. The molecule has 1 rings (SSSR count). The van der Waals surface area contributed by atoms with E-state index in [-0.39, 0.29) is 0 Å². The van der Waals surface area contributed by atoms with E-state index < -0.39 is 11.7 Å². The average Bonchev–Trinajstić information content (AvgIpc) is 2.33. The van der Waals surface area contributed by atoms with Crippen LogP contribution in [-0.4, -0.2) is 36.6 Å². The molecule has 1 aromatic heterocycles. The molecule has 0 saturated carbocycles. The number of nitrogens with one attached hydrogen (secondary N) is 1. The lowest BCUT2D eigenvalue weighted by Gasteiger charge is -2.13. The molecule has 1 N–H and O–H groups in total. The van der Waals surface area contributed by atoms with Crippen LogP contribution >= 0.6 is 0 Å². The van der Waals surface area contributed by atoms with Crippen LogP contribution in [0.5, 0.6) is 0 Å². The van der Waals surface area contributed by atoms with Gasteiger partial charge >= 0.3 is 6.18 Å². The Balaban J connectivity index is 2.36. The number of alkyl halides is 3. The lowest BCUT2D eigenvalue weighted by Crippen LogP contribution is -2.29. The van der Waals surface area contributed by atoms with Gasteiger partial charge in [-0.05, 0) is 25.7 Å². The molecule has 0 bridgehead atoms. The number of nitrogens with zero attached hydrogens (tertiary/aromatic N) is 2. The molecule has 3 nitrogen and oxygen atoms in total. The minimum atomic E-state index is -4.32. The van der Waals surface area contributed by atoms with E-state index in [0.717, 1.165) is 31.9 Å². The molecule has 0 amide bonds. The molecule has 0 aromatic carbocycles. The van der Waals surface area contributed by atoms with Crippen molar-refractivity contribution < 1.29 is 13.2 Å². The smallest absolute Gasteiger partial charge is 0.310 e. The monoisotopic (exact) mass is 261 g/mol. The van der Waals surface area contributed by atoms with Gasteiger partial charge in [-0.3, -0.25) is 4.98 Å². The lowest BCUT2D eigenvalue weighted by atomic mass is 10.2. The lowest BCUT2D eigenvalue weighted by molar-refractivity contribution is -0.137. The second-order valence-corrected chi connectivity index (χ2v) is 4.11. The summed E-state index contributed by atoms with van der Waals surface area (Å²) in [5.41, 5.74) is -0.0980. The molecule has 18 heavy (non-hydrogen) atoms. The Bertz CT molecular complexity index is 349. The SMILES string of the molecule is CCN(C)CCNCc1ccc(C(F)(F)F)cn1. The number of hydrogen-bond acceptors (Lipinski definition) is 3. The van der Waals surface area contributed by atoms with Gasteiger partial charge in [0.1, 0.15) is 0 Å². The minimum Gasteiger partial charge on any atom is -0.310 e. The van der Waals surface area contributed by atoms with Crippen molar-refractivity contribution in [2.24, 2.45) is 0 Å². The summed E-state index contributed by atoms with van der Waals surface area (Å²) in [4.78, 5) is 5.93. The van der Waals surface area contributed by atoms with Crippen molar-refractivity contribution in [2.75, 3.05) is 26.7 Å². The topological polar surface area (TPSA) is 28.2 Å². The fourth-order valence-corrected chi connectivity index (χ4v) is 1.34. The van der Waals surface area contributed by atoms with Gasteiger partial charge < -0.3 is 10.2 Å². The van der Waals surface area contributed by atoms with E-state index in [9.17, 15) is 13.2 Å². The maximum absolute atomic E-state index is 12.3. The van der Waals surface area contributed by atoms with Crippen LogP contribution in [0, 0.1) is 0 Å². The van der Waals surface area contributed by atoms with Crippen molar-refractivity contribution in [1.29, 1.82) is 0 Å². The Labute approximate surface area is 105 Å². The quantitative estimate of drug-likeness (QED) is 0.795. The maximum atomic E-state index is 12.3. The molecule has 0 aliphatic rings. The Morgan fingerprint density at radius 1 is 1.33 bits per heavy atom. The average molecular weight is 261 g/mol. The summed E-state index contributed by atoms with van der Waals surface area (Å²) >= 11 is 0. The van der Waals surface area contributed by atoms with E-state index in [1.54, 1.807) is 0 Å². The summed E-state index contributed by atoms with van der Waals surface area (Å²) in [6.45, 7) is 5.21. The number of aromatic nitrogens is 1. The van der Waals surface area contributed by atoms with E-state index in [0.29, 0.717) is 12.2 Å². The van der Waals surface area contributed by atoms with Gasteiger partial charge in [0.15, 0.2) is 0 Å². The third-order valence-electron chi connectivity index (χ3n) is 2.67. The number of likely N-dealkylation sites (N-methyl/N-ethyl adjacent to an activating group) is 1. The minimum absolute atomic E-state index is 0.482. The van der Waals surface area contributed by atoms with E-state index in [1.807, 2.05) is 7.05 Å². The second-order valence-electron chi connectivity index (χ2n) is 4.11. The first-order valence-electron chi connectivity index (χ1n) is 5.85. The van der Waals surface area contributed by atoms with E-state index >= 15 is 0 Å². The van der Waals surface area contributed by atoms with Crippen molar-refractivity contribution in [3.05, 3.63) is 29.6 Å². The molecule has 1 heterocycles. The van der Waals surface area contributed by atoms with Crippen LogP contribution in [-0.2, 0) is 12.7 Å². The summed E-state index contributed by atoms with van der Waals surface area (Å²) in [6, 6.07) is 2.46. The predicted molar refractivity (Wildman–Crippen MR) is 64.1 cm³/mol. The molecule has 0 aliphatic heterocycles. The molecular weight excluding hydrogens is 243 g/mol. The zero-order valence-electron chi connectivity index (χ0n) is 10.6. The van der Waals surface area contributed by atoms with E-state index in [4.69, 9.17) is 0 Å². The van der Waals surface area contributed by atoms with Gasteiger partial charge in [-0.2, -0.15) is 13.2 Å². The molecule has 6 heteroatoms. The van der Waals surface area contributed by atoms with Crippen LogP contribution in [0.4, 0.5) is 13.2 Å². The third-order valence-corrected chi connectivity index (χ3v) is 2.67. The fourth-order valence-electron chi connectivity index (χ4n) is 1.34. The highest BCUT2D eigenvalue weighted by molar-refractivity contribution is 5.16. The maximum Gasteiger partial charge on any atom is 0.417 e. The molecule has 0 aliphatic carbocycles. The Morgan fingerprint density at radius 2 is 2.06 bits per heavy atom. The van der Waals surface area contributed by atoms with Crippen LogP contribution in [0.3, 0.4) is 0 Å². The summed E-state index contributed by atoms with van der Waals surface area (Å²) < 4.78 is 36.9. The van der Waals surface area contributed by atoms with Crippen LogP contribution in [0.15, 0.2) is 18.3 Å². The zero-order valence-corrected chi connectivity index (χ0v) is 10.6. The highest BCUT2D eigenvalue weighted by atomic mass is 19.4. The second kappa shape index (κ2) is 6.70. The van der Waals surface area contributed by atoms with Crippen molar-refractivity contribution in [2.45, 2.75) is 19.6 Å². The summed E-state index contributed by atoms with van der Waals surface area (Å²) in [7, 11) is 2.01. The van der Waals surface area contributed by atoms with Crippen molar-refractivity contribution in [3.63, 3.8) is 0 Å². The molecule has 1 aromatic rings. The molecule has 0 spiro atoms. The Morgan fingerprint density at radius 3 is 2.56 bits per heavy atom. The Kier molecular flexibility index (Phi) is 5.55. The highest BCUT2D eigenvalue weighted by Crippen LogP contribution is 2.28. The number of halogens is 3. The van der Waals surface area contributed by atoms with Crippen molar-refractivity contribution in [3.8, 4) is 0 Å². The molecule has 102 valence electrons. The summed E-state index contributed by atoms with van der Waals surface area (Å²) in [6.07, 6.45) is -3.45. The zero-order chi connectivity index (χ0) is 13.6. The predicted octanol–water partition coefficient (Wildman–Crippen LogP) is 2.14. The van der Waals surface area contributed by atoms with Gasteiger partial charge in [-0.15, -0.1) is 0 Å². The van der Waals surface area contributed by atoms with Crippen molar-refractivity contribution >= 4 is 0 Å². The molecule has 0 fully saturated rings. The van der Waals surface area contributed by atoms with Gasteiger partial charge in [0.25, 0.3) is 0 Å². The first-order valence-corrected chi connectivity index (χ1v) is 5.85. The van der Waals surface area contributed by atoms with Crippen LogP contribution in [0.25, 0.3) is 0 Å². The molecule has 0 unspecified atom stereocenters. The number of pyridine rings is 1. The van der Waals surface area contributed by atoms with E-state index in [1.165, 1.54) is 6.07 Å². The van der Waals surface area contributed by atoms with Gasteiger partial charge in [-0.25, -0.2) is 0 Å². The van der Waals surface area contributed by atoms with Crippen LogP contribution in [0.1, 0.15) is 18.2 Å². The summed E-state index contributed by atoms with van der Waals surface area (Å²) in [5.74, 6) is 0. The van der Waals surface area contributed by atoms with Gasteiger partial charge in [0, 0.05) is 25.8 Å². The van der Waals surface area contributed by atoms with Crippen LogP contribution < -0.4 is 5.32 Å². The number of hydrogen-bond donors (Lipinski definition) is 1. The van der Waals surface area contributed by atoms with Crippen molar-refractivity contribution in [1.82, 2.24) is 15.2 Å². The molecule has 0 atom stereocenters. The van der Waals surface area contributed by atoms with Gasteiger partial charge in [-0.1, -0.05) is 6.92 Å². The Hall–Kier alpha value is -1.14. The number of rotatable bonds is 6. The van der Waals surface area contributed by atoms with Gasteiger partial charge in [0.2, 0.25) is 0 Å².